The molecule has 0 saturated carbocycles. The Hall–Kier alpha value is -1.69. The molecular formula is C19H16BrClN2OS. The first-order chi connectivity index (χ1) is 12.0. The molecule has 1 amide bonds. The Bertz CT molecular complexity index is 888. The number of amides is 1. The van der Waals surface area contributed by atoms with Crippen LogP contribution in [0.15, 0.2) is 52.3 Å². The average Bonchev–Trinajstić information content (AvgIpc) is 3.04. The molecule has 0 aliphatic rings. The van der Waals surface area contributed by atoms with Gasteiger partial charge < -0.3 is 0 Å². The summed E-state index contributed by atoms with van der Waals surface area (Å²) in [6, 6.07) is 13.9. The second-order valence-electron chi connectivity index (χ2n) is 5.73. The normalized spacial score (nSPS) is 10.7. The van der Waals surface area contributed by atoms with Crippen LogP contribution in [-0.2, 0) is 4.79 Å². The molecule has 1 aromatic heterocycles. The Labute approximate surface area is 164 Å². The molecule has 0 unspecified atom stereocenters. The highest BCUT2D eigenvalue weighted by atomic mass is 79.9. The number of carbonyl (C=O) groups excluding carboxylic acids is 1. The van der Waals surface area contributed by atoms with E-state index in [1.165, 1.54) is 11.3 Å². The number of aryl methyl sites for hydroxylation is 2. The molecule has 2 aromatic carbocycles. The maximum absolute atomic E-state index is 12.5. The molecule has 0 saturated heterocycles. The van der Waals surface area contributed by atoms with Crippen LogP contribution in [0.25, 0.3) is 11.3 Å². The number of carbonyl (C=O) groups is 1. The van der Waals surface area contributed by atoms with Crippen molar-refractivity contribution in [2.24, 2.45) is 0 Å². The third-order valence-electron chi connectivity index (χ3n) is 3.65. The lowest BCUT2D eigenvalue weighted by Gasteiger charge is -2.20. The molecule has 0 radical (unpaired) electrons. The average molecular weight is 436 g/mol. The first kappa shape index (κ1) is 18.1. The largest absolute Gasteiger partial charge is 0.273 e. The van der Waals surface area contributed by atoms with Crippen molar-refractivity contribution in [3.05, 3.63) is 63.4 Å². The number of halogens is 2. The molecule has 3 aromatic rings. The summed E-state index contributed by atoms with van der Waals surface area (Å²) >= 11 is 10.7. The molecule has 0 fully saturated rings. The van der Waals surface area contributed by atoms with E-state index in [9.17, 15) is 4.79 Å². The zero-order valence-electron chi connectivity index (χ0n) is 13.8. The zero-order valence-corrected chi connectivity index (χ0v) is 17.0. The molecule has 0 aliphatic heterocycles. The van der Waals surface area contributed by atoms with Crippen LogP contribution < -0.4 is 4.90 Å². The summed E-state index contributed by atoms with van der Waals surface area (Å²) in [5, 5.41) is 2.57. The van der Waals surface area contributed by atoms with Crippen molar-refractivity contribution in [3.8, 4) is 11.3 Å². The summed E-state index contributed by atoms with van der Waals surface area (Å²) in [6.45, 7) is 4.02. The lowest BCUT2D eigenvalue weighted by Crippen LogP contribution is -2.27. The molecule has 0 atom stereocenters. The van der Waals surface area contributed by atoms with Gasteiger partial charge in [-0.3, -0.25) is 9.69 Å². The van der Waals surface area contributed by atoms with E-state index in [0.717, 1.165) is 32.5 Å². The first-order valence-electron chi connectivity index (χ1n) is 7.66. The van der Waals surface area contributed by atoms with E-state index in [2.05, 4.69) is 27.0 Å². The lowest BCUT2D eigenvalue weighted by atomic mass is 10.1. The SMILES string of the molecule is Cc1cc(C)cc(N(C(=O)CCl)c2nc(-c3ccc(Br)cc3)cs2)c1. The van der Waals surface area contributed by atoms with Gasteiger partial charge in [-0.2, -0.15) is 0 Å². The fourth-order valence-corrected chi connectivity index (χ4v) is 3.87. The number of benzene rings is 2. The predicted octanol–water partition coefficient (Wildman–Crippen LogP) is 6.09. The number of hydrogen-bond acceptors (Lipinski definition) is 3. The Morgan fingerprint density at radius 2 is 1.80 bits per heavy atom. The van der Waals surface area contributed by atoms with Gasteiger partial charge in [0, 0.05) is 15.4 Å². The predicted molar refractivity (Wildman–Crippen MR) is 109 cm³/mol. The number of alkyl halides is 1. The van der Waals surface area contributed by atoms with Gasteiger partial charge in [0.15, 0.2) is 5.13 Å². The van der Waals surface area contributed by atoms with Crippen LogP contribution in [0.2, 0.25) is 0 Å². The zero-order chi connectivity index (χ0) is 18.0. The minimum Gasteiger partial charge on any atom is -0.273 e. The van der Waals surface area contributed by atoms with Gasteiger partial charge >= 0.3 is 0 Å². The maximum atomic E-state index is 12.5. The molecule has 3 nitrogen and oxygen atoms in total. The molecule has 0 N–H and O–H groups in total. The minimum atomic E-state index is -0.191. The number of hydrogen-bond donors (Lipinski definition) is 0. The molecule has 3 rings (SSSR count). The van der Waals surface area contributed by atoms with E-state index < -0.39 is 0 Å². The van der Waals surface area contributed by atoms with Crippen LogP contribution >= 0.6 is 38.9 Å². The molecule has 25 heavy (non-hydrogen) atoms. The van der Waals surface area contributed by atoms with E-state index in [4.69, 9.17) is 11.6 Å². The smallest absolute Gasteiger partial charge is 0.248 e. The van der Waals surface area contributed by atoms with Crippen LogP contribution in [0, 0.1) is 13.8 Å². The highest BCUT2D eigenvalue weighted by Crippen LogP contribution is 2.33. The molecule has 0 aliphatic carbocycles. The molecule has 128 valence electrons. The van der Waals surface area contributed by atoms with Crippen molar-refractivity contribution in [2.75, 3.05) is 10.8 Å². The van der Waals surface area contributed by atoms with Crippen LogP contribution in [-0.4, -0.2) is 16.8 Å². The first-order valence-corrected chi connectivity index (χ1v) is 9.87. The van der Waals surface area contributed by atoms with Gasteiger partial charge in [0.05, 0.1) is 11.4 Å². The summed E-state index contributed by atoms with van der Waals surface area (Å²) in [5.74, 6) is -0.288. The number of aromatic nitrogens is 1. The van der Waals surface area contributed by atoms with Crippen LogP contribution in [0.3, 0.4) is 0 Å². The highest BCUT2D eigenvalue weighted by Gasteiger charge is 2.21. The Morgan fingerprint density at radius 3 is 2.40 bits per heavy atom. The van der Waals surface area contributed by atoms with Crippen molar-refractivity contribution in [3.63, 3.8) is 0 Å². The van der Waals surface area contributed by atoms with E-state index in [1.54, 1.807) is 4.90 Å². The van der Waals surface area contributed by atoms with Crippen LogP contribution in [0.5, 0.6) is 0 Å². The second kappa shape index (κ2) is 7.68. The summed E-state index contributed by atoms with van der Waals surface area (Å²) in [4.78, 5) is 18.7. The van der Waals surface area contributed by atoms with E-state index in [-0.39, 0.29) is 11.8 Å². The highest BCUT2D eigenvalue weighted by molar-refractivity contribution is 9.10. The van der Waals surface area contributed by atoms with Crippen LogP contribution in [0.1, 0.15) is 11.1 Å². The van der Waals surface area contributed by atoms with Gasteiger partial charge in [-0.15, -0.1) is 22.9 Å². The Morgan fingerprint density at radius 1 is 1.16 bits per heavy atom. The number of thiazole rings is 1. The molecular weight excluding hydrogens is 420 g/mol. The molecule has 0 spiro atoms. The van der Waals surface area contributed by atoms with E-state index >= 15 is 0 Å². The van der Waals surface area contributed by atoms with Gasteiger partial charge in [-0.25, -0.2) is 4.98 Å². The second-order valence-corrected chi connectivity index (χ2v) is 7.75. The van der Waals surface area contributed by atoms with Gasteiger partial charge in [0.25, 0.3) is 0 Å². The molecule has 1 heterocycles. The molecule has 0 bridgehead atoms. The third-order valence-corrected chi connectivity index (χ3v) is 5.23. The third kappa shape index (κ3) is 4.11. The summed E-state index contributed by atoms with van der Waals surface area (Å²) in [5.41, 5.74) is 4.81. The monoisotopic (exact) mass is 434 g/mol. The number of rotatable bonds is 4. The quantitative estimate of drug-likeness (QED) is 0.464. The van der Waals surface area contributed by atoms with Gasteiger partial charge in [-0.1, -0.05) is 34.1 Å². The number of anilines is 2. The summed E-state index contributed by atoms with van der Waals surface area (Å²) in [7, 11) is 0. The van der Waals surface area contributed by atoms with Crippen molar-refractivity contribution in [2.45, 2.75) is 13.8 Å². The lowest BCUT2D eigenvalue weighted by molar-refractivity contribution is -0.115. The fraction of sp³-hybridized carbons (Fsp3) is 0.158. The van der Waals surface area contributed by atoms with Crippen LogP contribution in [0.4, 0.5) is 10.8 Å². The maximum Gasteiger partial charge on any atom is 0.248 e. The van der Waals surface area contributed by atoms with Gasteiger partial charge in [0.1, 0.15) is 5.88 Å². The van der Waals surface area contributed by atoms with Crippen molar-refractivity contribution >= 4 is 55.6 Å². The fourth-order valence-electron chi connectivity index (χ4n) is 2.62. The summed E-state index contributed by atoms with van der Waals surface area (Å²) in [6.07, 6.45) is 0. The van der Waals surface area contributed by atoms with Gasteiger partial charge in [-0.05, 0) is 49.2 Å². The van der Waals surface area contributed by atoms with E-state index in [0.29, 0.717) is 5.13 Å². The Kier molecular flexibility index (Phi) is 5.57. The Balaban J connectivity index is 2.03. The van der Waals surface area contributed by atoms with E-state index in [1.807, 2.05) is 55.6 Å². The van der Waals surface area contributed by atoms with Crippen molar-refractivity contribution in [1.29, 1.82) is 0 Å². The minimum absolute atomic E-state index is 0.0970. The standard InChI is InChI=1S/C19H16BrClN2OS/c1-12-7-13(2)9-16(8-12)23(18(24)10-21)19-22-17(11-25-19)14-3-5-15(20)6-4-14/h3-9,11H,10H2,1-2H3. The number of nitrogens with zero attached hydrogens (tertiary/aromatic N) is 2. The molecule has 6 heteroatoms. The van der Waals surface area contributed by atoms with Crippen molar-refractivity contribution < 1.29 is 4.79 Å². The topological polar surface area (TPSA) is 33.2 Å². The summed E-state index contributed by atoms with van der Waals surface area (Å²) < 4.78 is 1.01. The van der Waals surface area contributed by atoms with Crippen molar-refractivity contribution in [1.82, 2.24) is 4.98 Å². The van der Waals surface area contributed by atoms with Gasteiger partial charge in [0.2, 0.25) is 5.91 Å².